The number of nitrogens with one attached hydrogen (secondary N) is 2. The highest BCUT2D eigenvalue weighted by molar-refractivity contribution is 6.05. The molecule has 6 rings (SSSR count). The van der Waals surface area contributed by atoms with Crippen LogP contribution in [0.25, 0.3) is 0 Å². The molecule has 1 aromatic heterocycles. The van der Waals surface area contributed by atoms with Gasteiger partial charge in [0.15, 0.2) is 0 Å². The van der Waals surface area contributed by atoms with E-state index in [0.29, 0.717) is 12.1 Å². The van der Waals surface area contributed by atoms with Crippen molar-refractivity contribution in [1.29, 1.82) is 0 Å². The van der Waals surface area contributed by atoms with Crippen molar-refractivity contribution in [3.05, 3.63) is 88.7 Å². The predicted molar refractivity (Wildman–Crippen MR) is 133 cm³/mol. The molecule has 2 heterocycles. The van der Waals surface area contributed by atoms with Crippen LogP contribution < -0.4 is 10.6 Å². The van der Waals surface area contributed by atoms with Gasteiger partial charge in [-0.1, -0.05) is 48.5 Å². The number of carbonyl (C=O) groups is 3. The minimum Gasteiger partial charge on any atom is -0.348 e. The fourth-order valence-electron chi connectivity index (χ4n) is 5.50. The number of hydrogen-bond donors (Lipinski definition) is 2. The zero-order valence-electron chi connectivity index (χ0n) is 20.0. The number of fused-ring (bicyclic) bond motifs is 2. The summed E-state index contributed by atoms with van der Waals surface area (Å²) in [5.41, 5.74) is 4.68. The van der Waals surface area contributed by atoms with Crippen molar-refractivity contribution in [1.82, 2.24) is 25.3 Å². The fraction of sp³-hybridized carbons (Fsp3) is 0.357. The summed E-state index contributed by atoms with van der Waals surface area (Å²) in [5.74, 6) is -0.650. The zero-order valence-corrected chi connectivity index (χ0v) is 20.0. The lowest BCUT2D eigenvalue weighted by Gasteiger charge is -2.26. The second-order valence-electron chi connectivity index (χ2n) is 9.85. The first-order valence-electron chi connectivity index (χ1n) is 12.7. The van der Waals surface area contributed by atoms with Gasteiger partial charge in [-0.3, -0.25) is 19.1 Å². The van der Waals surface area contributed by atoms with Crippen LogP contribution in [0.2, 0.25) is 0 Å². The van der Waals surface area contributed by atoms with E-state index in [-0.39, 0.29) is 36.3 Å². The SMILES string of the molecule is O=C(CNC(=O)C1c2ccccc2C(=O)N1C1CC1)NC1CCCc2c1cnn2Cc1ccccc1. The van der Waals surface area contributed by atoms with E-state index in [1.54, 1.807) is 11.0 Å². The third-order valence-electron chi connectivity index (χ3n) is 7.38. The summed E-state index contributed by atoms with van der Waals surface area (Å²) in [6.45, 7) is 0.570. The van der Waals surface area contributed by atoms with Gasteiger partial charge in [0, 0.05) is 22.9 Å². The normalized spacial score (nSPS) is 20.6. The topological polar surface area (TPSA) is 96.3 Å². The van der Waals surface area contributed by atoms with E-state index >= 15 is 0 Å². The van der Waals surface area contributed by atoms with E-state index in [0.717, 1.165) is 48.9 Å². The first-order chi connectivity index (χ1) is 17.6. The van der Waals surface area contributed by atoms with Crippen molar-refractivity contribution in [2.45, 2.75) is 56.8 Å². The average Bonchev–Trinajstić information content (AvgIpc) is 3.59. The smallest absolute Gasteiger partial charge is 0.255 e. The predicted octanol–water partition coefficient (Wildman–Crippen LogP) is 2.90. The minimum atomic E-state index is -0.675. The molecule has 1 saturated carbocycles. The van der Waals surface area contributed by atoms with Gasteiger partial charge in [0.05, 0.1) is 25.3 Å². The molecule has 3 amide bonds. The molecule has 1 aliphatic heterocycles. The van der Waals surface area contributed by atoms with Crippen LogP contribution in [0.3, 0.4) is 0 Å². The number of hydrogen-bond acceptors (Lipinski definition) is 4. The van der Waals surface area contributed by atoms with Gasteiger partial charge in [0.25, 0.3) is 5.91 Å². The Morgan fingerprint density at radius 1 is 0.972 bits per heavy atom. The molecule has 0 bridgehead atoms. The lowest BCUT2D eigenvalue weighted by atomic mass is 9.93. The highest BCUT2D eigenvalue weighted by Gasteiger charge is 2.47. The van der Waals surface area contributed by atoms with Gasteiger partial charge in [0.2, 0.25) is 11.8 Å². The summed E-state index contributed by atoms with van der Waals surface area (Å²) in [4.78, 5) is 40.6. The van der Waals surface area contributed by atoms with E-state index in [1.165, 1.54) is 5.56 Å². The summed E-state index contributed by atoms with van der Waals surface area (Å²) in [6.07, 6.45) is 6.40. The maximum Gasteiger partial charge on any atom is 0.255 e. The first-order valence-corrected chi connectivity index (χ1v) is 12.7. The lowest BCUT2D eigenvalue weighted by Crippen LogP contribution is -2.44. The molecule has 2 N–H and O–H groups in total. The molecule has 0 spiro atoms. The molecule has 2 aromatic carbocycles. The molecule has 0 radical (unpaired) electrons. The van der Waals surface area contributed by atoms with Gasteiger partial charge < -0.3 is 15.5 Å². The van der Waals surface area contributed by atoms with Gasteiger partial charge in [-0.15, -0.1) is 0 Å². The maximum absolute atomic E-state index is 13.2. The van der Waals surface area contributed by atoms with Crippen LogP contribution in [0.1, 0.15) is 70.5 Å². The minimum absolute atomic E-state index is 0.0973. The van der Waals surface area contributed by atoms with Gasteiger partial charge >= 0.3 is 0 Å². The Labute approximate surface area is 209 Å². The fourth-order valence-corrected chi connectivity index (χ4v) is 5.50. The molecule has 2 unspecified atom stereocenters. The second kappa shape index (κ2) is 9.26. The third kappa shape index (κ3) is 4.17. The molecule has 184 valence electrons. The Kier molecular flexibility index (Phi) is 5.79. The third-order valence-corrected chi connectivity index (χ3v) is 7.38. The molecule has 3 aromatic rings. The van der Waals surface area contributed by atoms with E-state index in [9.17, 15) is 14.4 Å². The standard InChI is InChI=1S/C28H29N5O3/c34-25(16-29-27(35)26-20-9-4-5-10-21(20)28(36)33(26)19-13-14-19)31-23-11-6-12-24-22(23)15-30-32(24)17-18-7-2-1-3-8-18/h1-5,7-10,15,19,23,26H,6,11-14,16-17H2,(H,29,35)(H,31,34). The van der Waals surface area contributed by atoms with Crippen LogP contribution in [-0.4, -0.2) is 45.0 Å². The van der Waals surface area contributed by atoms with E-state index < -0.39 is 6.04 Å². The lowest BCUT2D eigenvalue weighted by molar-refractivity contribution is -0.129. The number of benzene rings is 2. The molecule has 1 fully saturated rings. The van der Waals surface area contributed by atoms with Gasteiger partial charge in [0.1, 0.15) is 6.04 Å². The number of amides is 3. The molecule has 3 aliphatic rings. The molecule has 8 nitrogen and oxygen atoms in total. The molecular formula is C28H29N5O3. The Morgan fingerprint density at radius 3 is 2.56 bits per heavy atom. The zero-order chi connectivity index (χ0) is 24.6. The van der Waals surface area contributed by atoms with Crippen LogP contribution in [0.15, 0.2) is 60.8 Å². The summed E-state index contributed by atoms with van der Waals surface area (Å²) in [6, 6.07) is 16.8. The van der Waals surface area contributed by atoms with Crippen LogP contribution in [0.4, 0.5) is 0 Å². The van der Waals surface area contributed by atoms with Crippen molar-refractivity contribution in [2.24, 2.45) is 0 Å². The van der Waals surface area contributed by atoms with Gasteiger partial charge in [-0.05, 0) is 49.3 Å². The van der Waals surface area contributed by atoms with Crippen LogP contribution in [-0.2, 0) is 22.6 Å². The Morgan fingerprint density at radius 2 is 1.75 bits per heavy atom. The maximum atomic E-state index is 13.2. The quantitative estimate of drug-likeness (QED) is 0.540. The van der Waals surface area contributed by atoms with Crippen molar-refractivity contribution < 1.29 is 14.4 Å². The van der Waals surface area contributed by atoms with Crippen molar-refractivity contribution in [3.8, 4) is 0 Å². The second-order valence-corrected chi connectivity index (χ2v) is 9.85. The van der Waals surface area contributed by atoms with Gasteiger partial charge in [-0.25, -0.2) is 0 Å². The van der Waals surface area contributed by atoms with Crippen LogP contribution >= 0.6 is 0 Å². The summed E-state index contributed by atoms with van der Waals surface area (Å²) in [7, 11) is 0. The van der Waals surface area contributed by atoms with E-state index in [2.05, 4.69) is 27.9 Å². The molecular weight excluding hydrogens is 454 g/mol. The van der Waals surface area contributed by atoms with Gasteiger partial charge in [-0.2, -0.15) is 5.10 Å². The number of rotatable bonds is 7. The number of nitrogens with zero attached hydrogens (tertiary/aromatic N) is 3. The number of carbonyl (C=O) groups excluding carboxylic acids is 3. The summed E-state index contributed by atoms with van der Waals surface area (Å²) < 4.78 is 2.02. The highest BCUT2D eigenvalue weighted by Crippen LogP contribution is 2.41. The number of aromatic nitrogens is 2. The average molecular weight is 484 g/mol. The van der Waals surface area contributed by atoms with Crippen molar-refractivity contribution >= 4 is 17.7 Å². The summed E-state index contributed by atoms with van der Waals surface area (Å²) >= 11 is 0. The van der Waals surface area contributed by atoms with E-state index in [4.69, 9.17) is 0 Å². The van der Waals surface area contributed by atoms with E-state index in [1.807, 2.05) is 47.3 Å². The first kappa shape index (κ1) is 22.5. The largest absolute Gasteiger partial charge is 0.348 e. The monoisotopic (exact) mass is 483 g/mol. The Hall–Kier alpha value is -3.94. The Bertz CT molecular complexity index is 1310. The van der Waals surface area contributed by atoms with Crippen molar-refractivity contribution in [2.75, 3.05) is 6.54 Å². The molecule has 8 heteroatoms. The molecule has 0 saturated heterocycles. The molecule has 2 atom stereocenters. The molecule has 2 aliphatic carbocycles. The van der Waals surface area contributed by atoms with Crippen LogP contribution in [0, 0.1) is 0 Å². The Balaban J connectivity index is 1.10. The summed E-state index contributed by atoms with van der Waals surface area (Å²) in [5, 5.41) is 10.5. The molecule has 36 heavy (non-hydrogen) atoms. The van der Waals surface area contributed by atoms with Crippen LogP contribution in [0.5, 0.6) is 0 Å². The van der Waals surface area contributed by atoms with Crippen molar-refractivity contribution in [3.63, 3.8) is 0 Å². The highest BCUT2D eigenvalue weighted by atomic mass is 16.2.